The van der Waals surface area contributed by atoms with Crippen LogP contribution < -0.4 is 4.74 Å². The molecule has 1 N–H and O–H groups in total. The van der Waals surface area contributed by atoms with Gasteiger partial charge in [-0.3, -0.25) is 9.59 Å². The largest absolute Gasteiger partial charge is 0.415 e. The molecule has 4 rings (SSSR count). The Labute approximate surface area is 251 Å². The number of thioether (sulfide) groups is 1. The van der Waals surface area contributed by atoms with Gasteiger partial charge in [-0.2, -0.15) is 0 Å². The quantitative estimate of drug-likeness (QED) is 0.209. The number of hydrogen-bond donors (Lipinski definition) is 1. The van der Waals surface area contributed by atoms with Crippen LogP contribution in [0.4, 0.5) is 4.79 Å². The van der Waals surface area contributed by atoms with Crippen molar-refractivity contribution in [2.45, 2.75) is 51.0 Å². The lowest BCUT2D eigenvalue weighted by molar-refractivity contribution is 0.0486. The summed E-state index contributed by atoms with van der Waals surface area (Å²) in [4.78, 5) is 42.2. The van der Waals surface area contributed by atoms with Crippen molar-refractivity contribution in [3.63, 3.8) is 0 Å². The van der Waals surface area contributed by atoms with Gasteiger partial charge in [-0.25, -0.2) is 4.79 Å². The number of likely N-dealkylation sites (tertiary alicyclic amines) is 1. The van der Waals surface area contributed by atoms with Gasteiger partial charge in [-0.15, -0.1) is 11.8 Å². The van der Waals surface area contributed by atoms with E-state index in [4.69, 9.17) is 16.3 Å². The topological polar surface area (TPSA) is 83.9 Å². The van der Waals surface area contributed by atoms with Crippen LogP contribution >= 0.6 is 23.4 Å². The van der Waals surface area contributed by atoms with Gasteiger partial charge >= 0.3 is 6.09 Å². The van der Waals surface area contributed by atoms with E-state index in [0.717, 1.165) is 21.6 Å². The molecule has 6 nitrogen and oxygen atoms in total. The van der Waals surface area contributed by atoms with Gasteiger partial charge in [0.25, 0.3) is 0 Å². The van der Waals surface area contributed by atoms with Crippen LogP contribution in [0.25, 0.3) is 0 Å². The Morgan fingerprint density at radius 1 is 1.00 bits per heavy atom. The highest BCUT2D eigenvalue weighted by molar-refractivity contribution is 7.98. The first kappa shape index (κ1) is 30.8. The zero-order valence-corrected chi connectivity index (χ0v) is 25.6. The smallest absolute Gasteiger partial charge is 0.410 e. The fourth-order valence-electron chi connectivity index (χ4n) is 5.46. The van der Waals surface area contributed by atoms with Crippen molar-refractivity contribution in [2.75, 3.05) is 19.3 Å². The van der Waals surface area contributed by atoms with Crippen LogP contribution in [0.3, 0.4) is 0 Å². The van der Waals surface area contributed by atoms with Crippen molar-refractivity contribution in [1.29, 1.82) is 0 Å². The fraction of sp³-hybridized carbons (Fsp3) is 0.364. The van der Waals surface area contributed by atoms with Crippen molar-refractivity contribution in [2.24, 2.45) is 11.8 Å². The van der Waals surface area contributed by atoms with Gasteiger partial charge in [0.15, 0.2) is 11.6 Å². The third-order valence-electron chi connectivity index (χ3n) is 7.61. The van der Waals surface area contributed by atoms with Crippen LogP contribution in [-0.2, 0) is 6.42 Å². The predicted octanol–water partition coefficient (Wildman–Crippen LogP) is 7.19. The van der Waals surface area contributed by atoms with E-state index < -0.39 is 11.7 Å². The maximum absolute atomic E-state index is 13.7. The van der Waals surface area contributed by atoms with Gasteiger partial charge in [-0.05, 0) is 106 Å². The Morgan fingerprint density at radius 3 is 2.17 bits per heavy atom. The number of ketones is 2. The van der Waals surface area contributed by atoms with E-state index >= 15 is 0 Å². The molecule has 0 spiro atoms. The molecule has 2 atom stereocenters. The Hall–Kier alpha value is -3.13. The second-order valence-electron chi connectivity index (χ2n) is 11.2. The summed E-state index contributed by atoms with van der Waals surface area (Å²) in [5.74, 6) is -0.333. The number of Topliss-reactive ketones (excluding diaryl/α,β-unsaturated/α-hetero) is 2. The van der Waals surface area contributed by atoms with E-state index in [1.54, 1.807) is 40.9 Å². The highest BCUT2D eigenvalue weighted by Gasteiger charge is 2.40. The third-order valence-corrected chi connectivity index (χ3v) is 8.60. The van der Waals surface area contributed by atoms with Crippen molar-refractivity contribution >= 4 is 41.0 Å². The number of hydrogen-bond acceptors (Lipinski definition) is 6. The molecule has 0 radical (unpaired) electrons. The van der Waals surface area contributed by atoms with Crippen LogP contribution in [0.2, 0.25) is 5.02 Å². The first-order valence-electron chi connectivity index (χ1n) is 13.6. The van der Waals surface area contributed by atoms with Crippen LogP contribution in [-0.4, -0.2) is 52.6 Å². The number of rotatable bonds is 9. The number of aryl methyl sites for hydroxylation is 3. The lowest BCUT2D eigenvalue weighted by Gasteiger charge is -2.21. The molecular formula is C33H36ClNO5S. The Bertz CT molecular complexity index is 1410. The minimum absolute atomic E-state index is 0.0166. The number of amides is 1. The zero-order valence-electron chi connectivity index (χ0n) is 24.1. The highest BCUT2D eigenvalue weighted by Crippen LogP contribution is 2.33. The molecule has 8 heteroatoms. The molecule has 1 heterocycles. The maximum Gasteiger partial charge on any atom is 0.415 e. The molecule has 3 aromatic rings. The molecule has 0 aliphatic carbocycles. The third kappa shape index (κ3) is 7.39. The predicted molar refractivity (Wildman–Crippen MR) is 163 cm³/mol. The van der Waals surface area contributed by atoms with Gasteiger partial charge in [0.2, 0.25) is 0 Å². The summed E-state index contributed by atoms with van der Waals surface area (Å²) in [5.41, 5.74) is 2.39. The molecule has 41 heavy (non-hydrogen) atoms. The van der Waals surface area contributed by atoms with E-state index in [-0.39, 0.29) is 29.9 Å². The number of benzene rings is 3. The van der Waals surface area contributed by atoms with E-state index in [1.165, 1.54) is 13.8 Å². The van der Waals surface area contributed by atoms with E-state index in [9.17, 15) is 19.5 Å². The van der Waals surface area contributed by atoms with Crippen molar-refractivity contribution in [3.05, 3.63) is 93.5 Å². The summed E-state index contributed by atoms with van der Waals surface area (Å²) in [6, 6.07) is 18.1. The summed E-state index contributed by atoms with van der Waals surface area (Å²) in [5, 5.41) is 10.8. The van der Waals surface area contributed by atoms with Crippen LogP contribution in [0.15, 0.2) is 65.6 Å². The molecule has 0 saturated carbocycles. The highest BCUT2D eigenvalue weighted by atomic mass is 35.5. The molecule has 0 bridgehead atoms. The van der Waals surface area contributed by atoms with Gasteiger partial charge in [0.05, 0.1) is 0 Å². The van der Waals surface area contributed by atoms with Gasteiger partial charge in [0.1, 0.15) is 11.4 Å². The zero-order chi connectivity index (χ0) is 29.9. The number of carbonyl (C=O) groups is 3. The summed E-state index contributed by atoms with van der Waals surface area (Å²) in [6.45, 7) is 7.43. The second kappa shape index (κ2) is 12.8. The minimum atomic E-state index is -1.45. The molecule has 1 aliphatic heterocycles. The summed E-state index contributed by atoms with van der Waals surface area (Å²) < 4.78 is 5.58. The lowest BCUT2D eigenvalue weighted by Crippen LogP contribution is -2.32. The Balaban J connectivity index is 1.54. The summed E-state index contributed by atoms with van der Waals surface area (Å²) >= 11 is 7.57. The second-order valence-corrected chi connectivity index (χ2v) is 12.5. The average molecular weight is 594 g/mol. The molecule has 216 valence electrons. The van der Waals surface area contributed by atoms with Crippen molar-refractivity contribution in [1.82, 2.24) is 4.90 Å². The molecule has 3 aromatic carbocycles. The number of ether oxygens (including phenoxy) is 1. The van der Waals surface area contributed by atoms with E-state index in [0.29, 0.717) is 41.3 Å². The number of halogens is 1. The average Bonchev–Trinajstić information content (AvgIpc) is 3.36. The first-order chi connectivity index (χ1) is 19.4. The summed E-state index contributed by atoms with van der Waals surface area (Å²) in [6.07, 6.45) is 2.86. The van der Waals surface area contributed by atoms with Gasteiger partial charge in [-0.1, -0.05) is 35.9 Å². The van der Waals surface area contributed by atoms with Crippen molar-refractivity contribution < 1.29 is 24.2 Å². The number of carbonyl (C=O) groups excluding carboxylic acids is 3. The minimum Gasteiger partial charge on any atom is -0.410 e. The Morgan fingerprint density at radius 2 is 1.61 bits per heavy atom. The number of nitrogens with zero attached hydrogens (tertiary/aromatic N) is 1. The standard InChI is InChI=1S/C33H36ClNO5S/c1-20-16-22(17-21(2)29(20)31(37)33(3,4)39)6-7-24-18-35(32(38)40-26-12-10-25(34)11-13-26)19-28(24)30(36)23-8-14-27(41-5)15-9-23/h8-17,24,28,39H,6-7,18-19H2,1-5H3. The van der Waals surface area contributed by atoms with Crippen LogP contribution in [0, 0.1) is 25.7 Å². The molecule has 1 aliphatic rings. The Kier molecular flexibility index (Phi) is 9.62. The van der Waals surface area contributed by atoms with Crippen LogP contribution in [0.1, 0.15) is 57.7 Å². The maximum atomic E-state index is 13.7. The van der Waals surface area contributed by atoms with Gasteiger partial charge in [0, 0.05) is 40.1 Å². The lowest BCUT2D eigenvalue weighted by atomic mass is 9.83. The molecular weight excluding hydrogens is 558 g/mol. The molecule has 1 fully saturated rings. The van der Waals surface area contributed by atoms with E-state index in [1.807, 2.05) is 56.5 Å². The first-order valence-corrected chi connectivity index (χ1v) is 15.3. The normalized spacial score (nSPS) is 17.0. The molecule has 2 unspecified atom stereocenters. The van der Waals surface area contributed by atoms with E-state index in [2.05, 4.69) is 0 Å². The number of aliphatic hydroxyl groups is 1. The SMILES string of the molecule is CSc1ccc(C(=O)C2CN(C(=O)Oc3ccc(Cl)cc3)CC2CCc2cc(C)c(C(=O)C(C)(C)O)c(C)c2)cc1. The fourth-order valence-corrected chi connectivity index (χ4v) is 6.00. The summed E-state index contributed by atoms with van der Waals surface area (Å²) in [7, 11) is 0. The van der Waals surface area contributed by atoms with Crippen LogP contribution in [0.5, 0.6) is 5.75 Å². The molecule has 1 saturated heterocycles. The van der Waals surface area contributed by atoms with Gasteiger partial charge < -0.3 is 14.7 Å². The molecule has 1 amide bonds. The van der Waals surface area contributed by atoms with Crippen molar-refractivity contribution in [3.8, 4) is 5.75 Å². The molecule has 0 aromatic heterocycles. The monoisotopic (exact) mass is 593 g/mol.